The van der Waals surface area contributed by atoms with E-state index in [4.69, 9.17) is 19.9 Å². The highest BCUT2D eigenvalue weighted by Gasteiger charge is 2.36. The van der Waals surface area contributed by atoms with Crippen molar-refractivity contribution >= 4 is 22.9 Å². The third kappa shape index (κ3) is 4.45. The Morgan fingerprint density at radius 1 is 1.33 bits per heavy atom. The summed E-state index contributed by atoms with van der Waals surface area (Å²) in [7, 11) is 0. The Morgan fingerprint density at radius 2 is 2.15 bits per heavy atom. The van der Waals surface area contributed by atoms with Crippen LogP contribution in [0.2, 0.25) is 0 Å². The van der Waals surface area contributed by atoms with Gasteiger partial charge in [0.25, 0.3) is 0 Å². The molecule has 1 saturated heterocycles. The SMILES string of the molecule is CCOCCOCCNc1nc2c(N)ncnc2n1C1CC(O)C(CO)O1. The molecule has 0 bridgehead atoms. The maximum atomic E-state index is 10.1. The third-order valence-corrected chi connectivity index (χ3v) is 4.28. The molecule has 1 fully saturated rings. The summed E-state index contributed by atoms with van der Waals surface area (Å²) in [6.07, 6.45) is -0.295. The van der Waals surface area contributed by atoms with Crippen LogP contribution in [-0.4, -0.2) is 81.5 Å². The molecule has 0 amide bonds. The molecule has 2 aromatic heterocycles. The van der Waals surface area contributed by atoms with Crippen LogP contribution >= 0.6 is 0 Å². The number of nitrogens with one attached hydrogen (secondary N) is 1. The van der Waals surface area contributed by atoms with Gasteiger partial charge in [-0.15, -0.1) is 0 Å². The van der Waals surface area contributed by atoms with Gasteiger partial charge in [0.15, 0.2) is 17.0 Å². The number of rotatable bonds is 10. The van der Waals surface area contributed by atoms with Gasteiger partial charge in [0, 0.05) is 19.6 Å². The van der Waals surface area contributed by atoms with E-state index in [9.17, 15) is 10.2 Å². The molecular formula is C16H26N6O5. The lowest BCUT2D eigenvalue weighted by atomic mass is 10.2. The molecule has 0 aromatic carbocycles. The van der Waals surface area contributed by atoms with Gasteiger partial charge in [-0.25, -0.2) is 15.0 Å². The molecule has 0 aliphatic carbocycles. The van der Waals surface area contributed by atoms with Crippen LogP contribution < -0.4 is 11.1 Å². The lowest BCUT2D eigenvalue weighted by molar-refractivity contribution is -0.0425. The molecule has 1 aliphatic heterocycles. The van der Waals surface area contributed by atoms with E-state index in [1.807, 2.05) is 6.92 Å². The second-order valence-corrected chi connectivity index (χ2v) is 6.09. The highest BCUT2D eigenvalue weighted by molar-refractivity contribution is 5.84. The van der Waals surface area contributed by atoms with Crippen molar-refractivity contribution in [3.05, 3.63) is 6.33 Å². The summed E-state index contributed by atoms with van der Waals surface area (Å²) >= 11 is 0. The molecular weight excluding hydrogens is 356 g/mol. The van der Waals surface area contributed by atoms with Crippen molar-refractivity contribution in [2.75, 3.05) is 50.6 Å². The maximum Gasteiger partial charge on any atom is 0.207 e. The van der Waals surface area contributed by atoms with Crippen molar-refractivity contribution in [2.45, 2.75) is 31.8 Å². The number of hydrogen-bond donors (Lipinski definition) is 4. The van der Waals surface area contributed by atoms with Crippen LogP contribution in [0.25, 0.3) is 11.2 Å². The molecule has 3 heterocycles. The minimum absolute atomic E-state index is 0.256. The van der Waals surface area contributed by atoms with Crippen LogP contribution in [0.5, 0.6) is 0 Å². The average molecular weight is 382 g/mol. The lowest BCUT2D eigenvalue weighted by Crippen LogP contribution is -2.24. The van der Waals surface area contributed by atoms with Crippen molar-refractivity contribution in [1.29, 1.82) is 0 Å². The Bertz CT molecular complexity index is 741. The molecule has 0 radical (unpaired) electrons. The van der Waals surface area contributed by atoms with E-state index in [-0.39, 0.29) is 12.4 Å². The average Bonchev–Trinajstić information content (AvgIpc) is 3.21. The number of aliphatic hydroxyl groups excluding tert-OH is 2. The molecule has 0 saturated carbocycles. The van der Waals surface area contributed by atoms with Crippen LogP contribution in [0.15, 0.2) is 6.33 Å². The fourth-order valence-electron chi connectivity index (χ4n) is 2.96. The van der Waals surface area contributed by atoms with E-state index >= 15 is 0 Å². The molecule has 150 valence electrons. The smallest absolute Gasteiger partial charge is 0.207 e. The van der Waals surface area contributed by atoms with Gasteiger partial charge in [0.05, 0.1) is 32.5 Å². The number of ether oxygens (including phenoxy) is 3. The van der Waals surface area contributed by atoms with Crippen LogP contribution in [-0.2, 0) is 14.2 Å². The van der Waals surface area contributed by atoms with Crippen molar-refractivity contribution in [2.24, 2.45) is 0 Å². The fraction of sp³-hybridized carbons (Fsp3) is 0.688. The number of nitrogen functional groups attached to an aromatic ring is 1. The monoisotopic (exact) mass is 382 g/mol. The molecule has 3 rings (SSSR count). The molecule has 1 aliphatic rings. The van der Waals surface area contributed by atoms with Crippen LogP contribution in [0, 0.1) is 0 Å². The van der Waals surface area contributed by atoms with E-state index < -0.39 is 18.4 Å². The largest absolute Gasteiger partial charge is 0.394 e. The highest BCUT2D eigenvalue weighted by atomic mass is 16.5. The number of anilines is 2. The molecule has 5 N–H and O–H groups in total. The van der Waals surface area contributed by atoms with Gasteiger partial charge < -0.3 is 35.5 Å². The zero-order valence-corrected chi connectivity index (χ0v) is 15.2. The minimum atomic E-state index is -0.772. The predicted molar refractivity (Wildman–Crippen MR) is 97.2 cm³/mol. The molecule has 2 aromatic rings. The van der Waals surface area contributed by atoms with Crippen molar-refractivity contribution in [3.63, 3.8) is 0 Å². The zero-order valence-electron chi connectivity index (χ0n) is 15.2. The number of fused-ring (bicyclic) bond motifs is 1. The summed E-state index contributed by atoms with van der Waals surface area (Å²) in [6, 6.07) is 0. The number of imidazole rings is 1. The van der Waals surface area contributed by atoms with Crippen molar-refractivity contribution < 1.29 is 24.4 Å². The van der Waals surface area contributed by atoms with Gasteiger partial charge in [-0.1, -0.05) is 0 Å². The van der Waals surface area contributed by atoms with Crippen LogP contribution in [0.1, 0.15) is 19.6 Å². The van der Waals surface area contributed by atoms with Gasteiger partial charge in [0.2, 0.25) is 5.95 Å². The van der Waals surface area contributed by atoms with E-state index in [2.05, 4.69) is 20.3 Å². The zero-order chi connectivity index (χ0) is 19.2. The molecule has 3 atom stereocenters. The Labute approximate surface area is 156 Å². The number of nitrogens with two attached hydrogens (primary N) is 1. The predicted octanol–water partition coefficient (Wildman–Crippen LogP) is -0.486. The Balaban J connectivity index is 1.73. The van der Waals surface area contributed by atoms with Crippen molar-refractivity contribution in [3.8, 4) is 0 Å². The fourth-order valence-corrected chi connectivity index (χ4v) is 2.96. The summed E-state index contributed by atoms with van der Waals surface area (Å²) < 4.78 is 18.2. The molecule has 27 heavy (non-hydrogen) atoms. The van der Waals surface area contributed by atoms with E-state index in [0.717, 1.165) is 0 Å². The molecule has 11 heteroatoms. The highest BCUT2D eigenvalue weighted by Crippen LogP contribution is 2.34. The second-order valence-electron chi connectivity index (χ2n) is 6.09. The number of nitrogens with zero attached hydrogens (tertiary/aromatic N) is 4. The normalized spacial score (nSPS) is 22.6. The van der Waals surface area contributed by atoms with Gasteiger partial charge in [0.1, 0.15) is 18.7 Å². The van der Waals surface area contributed by atoms with Gasteiger partial charge in [-0.2, -0.15) is 0 Å². The van der Waals surface area contributed by atoms with E-state index in [1.54, 1.807) is 4.57 Å². The minimum Gasteiger partial charge on any atom is -0.394 e. The topological polar surface area (TPSA) is 150 Å². The first-order chi connectivity index (χ1) is 13.2. The van der Waals surface area contributed by atoms with E-state index in [0.29, 0.717) is 56.5 Å². The summed E-state index contributed by atoms with van der Waals surface area (Å²) in [4.78, 5) is 12.7. The molecule has 11 nitrogen and oxygen atoms in total. The number of hydrogen-bond acceptors (Lipinski definition) is 10. The Kier molecular flexibility index (Phi) is 6.74. The summed E-state index contributed by atoms with van der Waals surface area (Å²) in [5, 5.41) is 22.6. The summed E-state index contributed by atoms with van der Waals surface area (Å²) in [5.41, 5.74) is 6.86. The Hall–Kier alpha value is -2.05. The Morgan fingerprint density at radius 3 is 2.89 bits per heavy atom. The van der Waals surface area contributed by atoms with Crippen LogP contribution in [0.3, 0.4) is 0 Å². The second kappa shape index (κ2) is 9.24. The first kappa shape index (κ1) is 19.7. The first-order valence-corrected chi connectivity index (χ1v) is 8.97. The van der Waals surface area contributed by atoms with Crippen LogP contribution in [0.4, 0.5) is 11.8 Å². The third-order valence-electron chi connectivity index (χ3n) is 4.28. The van der Waals surface area contributed by atoms with E-state index in [1.165, 1.54) is 6.33 Å². The number of aromatic nitrogens is 4. The first-order valence-electron chi connectivity index (χ1n) is 8.97. The van der Waals surface area contributed by atoms with Gasteiger partial charge in [-0.3, -0.25) is 4.57 Å². The van der Waals surface area contributed by atoms with Crippen molar-refractivity contribution in [1.82, 2.24) is 19.5 Å². The lowest BCUT2D eigenvalue weighted by Gasteiger charge is -2.17. The summed E-state index contributed by atoms with van der Waals surface area (Å²) in [6.45, 7) is 4.36. The van der Waals surface area contributed by atoms with Gasteiger partial charge >= 0.3 is 0 Å². The standard InChI is InChI=1S/C16H26N6O5/c1-2-25-5-6-26-4-3-18-16-21-13-14(17)19-9-20-15(13)22(16)12-7-10(24)11(8-23)27-12/h9-12,23-24H,2-8H2,1H3,(H,18,21)(H2,17,19,20). The maximum absolute atomic E-state index is 10.1. The molecule has 3 unspecified atom stereocenters. The van der Waals surface area contributed by atoms with Gasteiger partial charge in [-0.05, 0) is 6.92 Å². The number of aliphatic hydroxyl groups is 2. The summed E-state index contributed by atoms with van der Waals surface area (Å²) in [5.74, 6) is 0.744. The molecule has 0 spiro atoms. The quantitative estimate of drug-likeness (QED) is 0.397.